The first-order chi connectivity index (χ1) is 7.91. The minimum atomic E-state index is -0.387. The summed E-state index contributed by atoms with van der Waals surface area (Å²) in [6.07, 6.45) is 4.66. The maximum Gasteiger partial charge on any atom is 0.136 e. The molecule has 1 aliphatic carbocycles. The molecular weight excluding hydrogens is 212 g/mol. The van der Waals surface area contributed by atoms with Crippen LogP contribution in [0.5, 0.6) is 0 Å². The lowest BCUT2D eigenvalue weighted by Crippen LogP contribution is -2.35. The number of aliphatic hydroxyl groups is 1. The van der Waals surface area contributed by atoms with Crippen LogP contribution < -0.4 is 0 Å². The van der Waals surface area contributed by atoms with Gasteiger partial charge in [0.1, 0.15) is 5.78 Å². The lowest BCUT2D eigenvalue weighted by molar-refractivity contribution is -0.128. The smallest absolute Gasteiger partial charge is 0.136 e. The van der Waals surface area contributed by atoms with Crippen molar-refractivity contribution < 1.29 is 9.90 Å². The Morgan fingerprint density at radius 3 is 2.76 bits per heavy atom. The van der Waals surface area contributed by atoms with Crippen LogP contribution in [0.15, 0.2) is 23.8 Å². The minimum absolute atomic E-state index is 0.00633. The van der Waals surface area contributed by atoms with E-state index in [1.54, 1.807) is 0 Å². The second-order valence-electron chi connectivity index (χ2n) is 5.46. The molecule has 0 aromatic heterocycles. The fraction of sp³-hybridized carbons (Fsp3) is 0.667. The molecule has 0 saturated heterocycles. The van der Waals surface area contributed by atoms with Gasteiger partial charge in [-0.1, -0.05) is 30.7 Å². The molecule has 0 spiro atoms. The molecular formula is C15H24O2. The van der Waals surface area contributed by atoms with Crippen molar-refractivity contribution in [1.82, 2.24) is 0 Å². The number of aliphatic hydroxyl groups excluding tert-OH is 1. The topological polar surface area (TPSA) is 37.3 Å². The monoisotopic (exact) mass is 236 g/mol. The van der Waals surface area contributed by atoms with Crippen molar-refractivity contribution in [1.29, 1.82) is 0 Å². The van der Waals surface area contributed by atoms with Gasteiger partial charge in [-0.05, 0) is 33.1 Å². The van der Waals surface area contributed by atoms with Crippen molar-refractivity contribution in [2.45, 2.75) is 52.6 Å². The zero-order valence-corrected chi connectivity index (χ0v) is 11.2. The first-order valence-corrected chi connectivity index (χ1v) is 6.43. The molecule has 1 aliphatic rings. The van der Waals surface area contributed by atoms with E-state index < -0.39 is 0 Å². The zero-order valence-electron chi connectivity index (χ0n) is 11.2. The number of allylic oxidation sites excluding steroid dienone is 2. The van der Waals surface area contributed by atoms with Crippen molar-refractivity contribution in [3.05, 3.63) is 23.8 Å². The Balaban J connectivity index is 2.51. The highest BCUT2D eigenvalue weighted by Gasteiger charge is 2.33. The van der Waals surface area contributed by atoms with Crippen LogP contribution in [-0.4, -0.2) is 17.0 Å². The normalized spacial score (nSPS) is 28.9. The fourth-order valence-electron chi connectivity index (χ4n) is 2.36. The van der Waals surface area contributed by atoms with Crippen LogP contribution in [0.25, 0.3) is 0 Å². The van der Waals surface area contributed by atoms with Gasteiger partial charge in [-0.15, -0.1) is 0 Å². The van der Waals surface area contributed by atoms with Crippen LogP contribution >= 0.6 is 0 Å². The van der Waals surface area contributed by atoms with Gasteiger partial charge in [0, 0.05) is 18.3 Å². The molecule has 3 unspecified atom stereocenters. The first-order valence-electron chi connectivity index (χ1n) is 6.43. The van der Waals surface area contributed by atoms with Crippen LogP contribution in [-0.2, 0) is 4.79 Å². The van der Waals surface area contributed by atoms with E-state index in [4.69, 9.17) is 0 Å². The van der Waals surface area contributed by atoms with Crippen LogP contribution in [0.3, 0.4) is 0 Å². The summed E-state index contributed by atoms with van der Waals surface area (Å²) in [5.74, 6) is 0.250. The van der Waals surface area contributed by atoms with E-state index in [1.807, 2.05) is 6.92 Å². The molecule has 3 atom stereocenters. The number of hydrogen-bond acceptors (Lipinski definition) is 2. The third-order valence-electron chi connectivity index (χ3n) is 3.57. The van der Waals surface area contributed by atoms with Gasteiger partial charge in [0.05, 0.1) is 6.10 Å². The maximum absolute atomic E-state index is 11.7. The van der Waals surface area contributed by atoms with Gasteiger partial charge in [-0.2, -0.15) is 0 Å². The van der Waals surface area contributed by atoms with Crippen molar-refractivity contribution in [2.24, 2.45) is 11.8 Å². The average Bonchev–Trinajstić information content (AvgIpc) is 2.22. The molecule has 1 N–H and O–H groups in total. The first kappa shape index (κ1) is 14.2. The molecule has 0 aromatic rings. The summed E-state index contributed by atoms with van der Waals surface area (Å²) in [5.41, 5.74) is 2.32. The lowest BCUT2D eigenvalue weighted by atomic mass is 9.75. The van der Waals surface area contributed by atoms with Gasteiger partial charge in [-0.25, -0.2) is 0 Å². The Hall–Kier alpha value is -0.890. The third kappa shape index (κ3) is 4.12. The van der Waals surface area contributed by atoms with Crippen LogP contribution in [0.4, 0.5) is 0 Å². The molecule has 2 nitrogen and oxygen atoms in total. The summed E-state index contributed by atoms with van der Waals surface area (Å²) in [5, 5.41) is 10.0. The van der Waals surface area contributed by atoms with E-state index in [0.29, 0.717) is 12.8 Å². The van der Waals surface area contributed by atoms with Crippen LogP contribution in [0.2, 0.25) is 0 Å². The van der Waals surface area contributed by atoms with Crippen LogP contribution in [0.1, 0.15) is 46.5 Å². The average molecular weight is 236 g/mol. The Kier molecular flexibility index (Phi) is 5.13. The van der Waals surface area contributed by atoms with E-state index >= 15 is 0 Å². The van der Waals surface area contributed by atoms with Crippen molar-refractivity contribution in [3.8, 4) is 0 Å². The third-order valence-corrected chi connectivity index (χ3v) is 3.57. The van der Waals surface area contributed by atoms with Gasteiger partial charge in [-0.3, -0.25) is 4.79 Å². The Labute approximate surface area is 104 Å². The molecule has 0 bridgehead atoms. The lowest BCUT2D eigenvalue weighted by Gasteiger charge is -2.31. The quantitative estimate of drug-likeness (QED) is 0.761. The second-order valence-corrected chi connectivity index (χ2v) is 5.46. The predicted molar refractivity (Wildman–Crippen MR) is 70.7 cm³/mol. The number of ketones is 1. The largest absolute Gasteiger partial charge is 0.392 e. The van der Waals surface area contributed by atoms with E-state index in [0.717, 1.165) is 18.4 Å². The zero-order chi connectivity index (χ0) is 13.0. The van der Waals surface area contributed by atoms with E-state index in [9.17, 15) is 9.90 Å². The van der Waals surface area contributed by atoms with E-state index in [2.05, 4.69) is 26.5 Å². The van der Waals surface area contributed by atoms with Crippen LogP contribution in [0, 0.1) is 11.8 Å². The van der Waals surface area contributed by atoms with E-state index in [-0.39, 0.29) is 23.7 Å². The summed E-state index contributed by atoms with van der Waals surface area (Å²) in [7, 11) is 0. The highest BCUT2D eigenvalue weighted by atomic mass is 16.3. The summed E-state index contributed by atoms with van der Waals surface area (Å²) < 4.78 is 0. The molecule has 0 aliphatic heterocycles. The number of rotatable bonds is 4. The molecule has 0 aromatic carbocycles. The summed E-state index contributed by atoms with van der Waals surface area (Å²) >= 11 is 0. The van der Waals surface area contributed by atoms with Crippen molar-refractivity contribution in [2.75, 3.05) is 0 Å². The Morgan fingerprint density at radius 2 is 2.18 bits per heavy atom. The molecule has 0 radical (unpaired) electrons. The van der Waals surface area contributed by atoms with Gasteiger partial charge in [0.15, 0.2) is 0 Å². The number of Topliss-reactive ketones (excluding diaryl/α,β-unsaturated/α-hetero) is 1. The molecule has 1 fully saturated rings. The minimum Gasteiger partial charge on any atom is -0.392 e. The standard InChI is InChI=1S/C15H24O2/c1-10(2)6-5-7-11(3)13-9-14(16)12(4)8-15(13)17/h6,12-13,15,17H,3,5,7-9H2,1-2,4H3. The summed E-state index contributed by atoms with van der Waals surface area (Å²) in [4.78, 5) is 11.7. The van der Waals surface area contributed by atoms with Gasteiger partial charge >= 0.3 is 0 Å². The van der Waals surface area contributed by atoms with Gasteiger partial charge in [0.2, 0.25) is 0 Å². The Morgan fingerprint density at radius 1 is 1.53 bits per heavy atom. The predicted octanol–water partition coefficient (Wildman–Crippen LogP) is 3.27. The fourth-order valence-corrected chi connectivity index (χ4v) is 2.36. The number of hydrogen-bond donors (Lipinski definition) is 1. The highest BCUT2D eigenvalue weighted by Crippen LogP contribution is 2.32. The Bertz CT molecular complexity index is 324. The molecule has 17 heavy (non-hydrogen) atoms. The second kappa shape index (κ2) is 6.15. The molecule has 0 heterocycles. The summed E-state index contributed by atoms with van der Waals surface area (Å²) in [6, 6.07) is 0. The van der Waals surface area contributed by atoms with Gasteiger partial charge in [0.25, 0.3) is 0 Å². The molecule has 96 valence electrons. The number of carbonyl (C=O) groups excluding carboxylic acids is 1. The number of carbonyl (C=O) groups is 1. The highest BCUT2D eigenvalue weighted by molar-refractivity contribution is 5.82. The summed E-state index contributed by atoms with van der Waals surface area (Å²) in [6.45, 7) is 10.1. The van der Waals surface area contributed by atoms with E-state index in [1.165, 1.54) is 5.57 Å². The molecule has 2 heteroatoms. The molecule has 1 saturated carbocycles. The van der Waals surface area contributed by atoms with Gasteiger partial charge < -0.3 is 5.11 Å². The van der Waals surface area contributed by atoms with Crippen molar-refractivity contribution >= 4 is 5.78 Å². The molecule has 0 amide bonds. The maximum atomic E-state index is 11.7. The SMILES string of the molecule is C=C(CCC=C(C)C)C1CC(=O)C(C)CC1O. The van der Waals surface area contributed by atoms with Crippen molar-refractivity contribution in [3.63, 3.8) is 0 Å². The molecule has 1 rings (SSSR count).